The molecule has 0 saturated carbocycles. The summed E-state index contributed by atoms with van der Waals surface area (Å²) >= 11 is 5.12. The quantitative estimate of drug-likeness (QED) is 0.833. The number of thiophene rings is 1. The van der Waals surface area contributed by atoms with Crippen molar-refractivity contribution in [1.29, 1.82) is 0 Å². The minimum atomic E-state index is 0.0576. The third-order valence-corrected chi connectivity index (χ3v) is 4.54. The number of amides is 1. The number of hydrogen-bond donors (Lipinski definition) is 0. The van der Waals surface area contributed by atoms with E-state index in [2.05, 4.69) is 15.9 Å². The number of carbonyl (C=O) groups is 1. The number of hydrogen-bond acceptors (Lipinski definition) is 2. The first kappa shape index (κ1) is 13.3. The summed E-state index contributed by atoms with van der Waals surface area (Å²) in [6, 6.07) is 9.76. The van der Waals surface area contributed by atoms with Crippen LogP contribution >= 0.6 is 27.3 Å². The molecule has 0 spiro atoms. The van der Waals surface area contributed by atoms with Gasteiger partial charge in [0.05, 0.1) is 6.54 Å². The molecule has 0 bridgehead atoms. The zero-order chi connectivity index (χ0) is 13.1. The zero-order valence-electron chi connectivity index (χ0n) is 10.3. The monoisotopic (exact) mass is 323 g/mol. The van der Waals surface area contributed by atoms with Crippen LogP contribution in [0.15, 0.2) is 40.2 Å². The van der Waals surface area contributed by atoms with Gasteiger partial charge in [-0.25, -0.2) is 0 Å². The van der Waals surface area contributed by atoms with Gasteiger partial charge in [0.1, 0.15) is 0 Å². The third kappa shape index (κ3) is 2.82. The molecule has 2 nitrogen and oxygen atoms in total. The van der Waals surface area contributed by atoms with Crippen molar-refractivity contribution < 1.29 is 4.79 Å². The summed E-state index contributed by atoms with van der Waals surface area (Å²) in [6.07, 6.45) is 0. The van der Waals surface area contributed by atoms with E-state index in [1.54, 1.807) is 16.2 Å². The Kier molecular flexibility index (Phi) is 4.19. The Balaban J connectivity index is 2.18. The van der Waals surface area contributed by atoms with E-state index in [-0.39, 0.29) is 5.91 Å². The van der Waals surface area contributed by atoms with Gasteiger partial charge in [-0.05, 0) is 36.1 Å². The Morgan fingerprint density at radius 2 is 2.11 bits per heavy atom. The molecule has 4 heteroatoms. The lowest BCUT2D eigenvalue weighted by Crippen LogP contribution is -2.26. The maximum absolute atomic E-state index is 12.4. The number of halogens is 1. The molecule has 2 aromatic rings. The first-order valence-electron chi connectivity index (χ1n) is 5.62. The van der Waals surface area contributed by atoms with Gasteiger partial charge in [0.2, 0.25) is 0 Å². The molecule has 0 radical (unpaired) electrons. The molecule has 2 rings (SSSR count). The Morgan fingerprint density at radius 3 is 2.78 bits per heavy atom. The molecule has 0 saturated heterocycles. The summed E-state index contributed by atoms with van der Waals surface area (Å²) in [5, 5.41) is 2.03. The van der Waals surface area contributed by atoms with E-state index in [0.717, 1.165) is 15.6 Å². The lowest BCUT2D eigenvalue weighted by atomic mass is 10.1. The smallest absolute Gasteiger partial charge is 0.254 e. The Hall–Kier alpha value is -1.13. The van der Waals surface area contributed by atoms with Gasteiger partial charge in [-0.3, -0.25) is 4.79 Å². The fourth-order valence-corrected chi connectivity index (χ4v) is 2.88. The van der Waals surface area contributed by atoms with Crippen LogP contribution in [0.5, 0.6) is 0 Å². The van der Waals surface area contributed by atoms with E-state index < -0.39 is 0 Å². The molecule has 0 unspecified atom stereocenters. The van der Waals surface area contributed by atoms with E-state index in [4.69, 9.17) is 0 Å². The molecule has 18 heavy (non-hydrogen) atoms. The lowest BCUT2D eigenvalue weighted by Gasteiger charge is -2.18. The molecule has 94 valence electrons. The lowest BCUT2D eigenvalue weighted by molar-refractivity contribution is 0.0785. The molecular formula is C14H14BrNOS. The molecule has 0 aliphatic heterocycles. The Bertz CT molecular complexity index is 551. The van der Waals surface area contributed by atoms with E-state index in [9.17, 15) is 4.79 Å². The van der Waals surface area contributed by atoms with Gasteiger partial charge in [-0.15, -0.1) is 11.3 Å². The molecule has 0 atom stereocenters. The van der Waals surface area contributed by atoms with Crippen molar-refractivity contribution in [3.63, 3.8) is 0 Å². The fourth-order valence-electron chi connectivity index (χ4n) is 1.75. The minimum Gasteiger partial charge on any atom is -0.337 e. The molecule has 1 heterocycles. The molecule has 0 N–H and O–H groups in total. The van der Waals surface area contributed by atoms with Crippen molar-refractivity contribution in [2.75, 3.05) is 7.05 Å². The first-order valence-corrected chi connectivity index (χ1v) is 7.30. The van der Waals surface area contributed by atoms with Crippen molar-refractivity contribution in [1.82, 2.24) is 4.90 Å². The predicted molar refractivity (Wildman–Crippen MR) is 79.0 cm³/mol. The van der Waals surface area contributed by atoms with Crippen molar-refractivity contribution in [2.45, 2.75) is 13.5 Å². The maximum Gasteiger partial charge on any atom is 0.254 e. The van der Waals surface area contributed by atoms with Crippen LogP contribution in [0.1, 0.15) is 20.8 Å². The second-order valence-corrected chi connectivity index (χ2v) is 6.04. The van der Waals surface area contributed by atoms with Crippen molar-refractivity contribution in [3.8, 4) is 0 Å². The van der Waals surface area contributed by atoms with Crippen LogP contribution < -0.4 is 0 Å². The summed E-state index contributed by atoms with van der Waals surface area (Å²) in [6.45, 7) is 2.61. The molecule has 0 fully saturated rings. The second-order valence-electron chi connectivity index (χ2n) is 4.15. The first-order chi connectivity index (χ1) is 8.59. The maximum atomic E-state index is 12.4. The number of benzene rings is 1. The molecule has 1 amide bonds. The Labute approximate surface area is 119 Å². The Morgan fingerprint density at radius 1 is 1.33 bits per heavy atom. The minimum absolute atomic E-state index is 0.0576. The third-order valence-electron chi connectivity index (χ3n) is 2.82. The number of nitrogens with zero attached hydrogens (tertiary/aromatic N) is 1. The van der Waals surface area contributed by atoms with Gasteiger partial charge in [0.15, 0.2) is 0 Å². The normalized spacial score (nSPS) is 10.4. The topological polar surface area (TPSA) is 20.3 Å². The molecule has 1 aromatic carbocycles. The predicted octanol–water partition coefficient (Wildman–Crippen LogP) is 4.09. The van der Waals surface area contributed by atoms with Crippen LogP contribution in [0.4, 0.5) is 0 Å². The van der Waals surface area contributed by atoms with Crippen molar-refractivity contribution >= 4 is 33.2 Å². The van der Waals surface area contributed by atoms with Gasteiger partial charge in [-0.1, -0.05) is 28.1 Å². The van der Waals surface area contributed by atoms with Gasteiger partial charge in [0, 0.05) is 22.0 Å². The highest BCUT2D eigenvalue weighted by atomic mass is 79.9. The van der Waals surface area contributed by atoms with Crippen LogP contribution in [-0.4, -0.2) is 17.9 Å². The van der Waals surface area contributed by atoms with E-state index >= 15 is 0 Å². The number of rotatable bonds is 3. The second kappa shape index (κ2) is 5.67. The SMILES string of the molecule is Cc1c(Br)cccc1C(=O)N(C)Cc1cccs1. The molecular weight excluding hydrogens is 310 g/mol. The summed E-state index contributed by atoms with van der Waals surface area (Å²) in [5.41, 5.74) is 1.74. The van der Waals surface area contributed by atoms with Crippen LogP contribution in [0.3, 0.4) is 0 Å². The van der Waals surface area contributed by atoms with Gasteiger partial charge >= 0.3 is 0 Å². The highest BCUT2D eigenvalue weighted by molar-refractivity contribution is 9.10. The van der Waals surface area contributed by atoms with Crippen molar-refractivity contribution in [2.24, 2.45) is 0 Å². The number of carbonyl (C=O) groups excluding carboxylic acids is 1. The van der Waals surface area contributed by atoms with Gasteiger partial charge < -0.3 is 4.90 Å². The largest absolute Gasteiger partial charge is 0.337 e. The van der Waals surface area contributed by atoms with Crippen LogP contribution in [-0.2, 0) is 6.54 Å². The fraction of sp³-hybridized carbons (Fsp3) is 0.214. The highest BCUT2D eigenvalue weighted by Gasteiger charge is 2.15. The van der Waals surface area contributed by atoms with Crippen molar-refractivity contribution in [3.05, 3.63) is 56.2 Å². The standard InChI is InChI=1S/C14H14BrNOS/c1-10-12(6-3-7-13(10)15)14(17)16(2)9-11-5-4-8-18-11/h3-8H,9H2,1-2H3. The van der Waals surface area contributed by atoms with E-state index in [1.807, 2.05) is 49.7 Å². The zero-order valence-corrected chi connectivity index (χ0v) is 12.7. The summed E-state index contributed by atoms with van der Waals surface area (Å²) in [5.74, 6) is 0.0576. The van der Waals surface area contributed by atoms with Crippen LogP contribution in [0.2, 0.25) is 0 Å². The highest BCUT2D eigenvalue weighted by Crippen LogP contribution is 2.21. The van der Waals surface area contributed by atoms with E-state index in [1.165, 1.54) is 4.88 Å². The van der Waals surface area contributed by atoms with Crippen LogP contribution in [0.25, 0.3) is 0 Å². The molecule has 0 aliphatic rings. The molecule has 1 aromatic heterocycles. The van der Waals surface area contributed by atoms with Gasteiger partial charge in [-0.2, -0.15) is 0 Å². The summed E-state index contributed by atoms with van der Waals surface area (Å²) in [4.78, 5) is 15.3. The summed E-state index contributed by atoms with van der Waals surface area (Å²) in [7, 11) is 1.84. The summed E-state index contributed by atoms with van der Waals surface area (Å²) < 4.78 is 0.970. The molecule has 0 aliphatic carbocycles. The van der Waals surface area contributed by atoms with Crippen LogP contribution in [0, 0.1) is 6.92 Å². The average Bonchev–Trinajstić information content (AvgIpc) is 2.84. The average molecular weight is 324 g/mol. The van der Waals surface area contributed by atoms with E-state index in [0.29, 0.717) is 6.54 Å². The van der Waals surface area contributed by atoms with Gasteiger partial charge in [0.25, 0.3) is 5.91 Å².